The molecule has 2 heterocycles. The van der Waals surface area contributed by atoms with E-state index in [4.69, 9.17) is 9.84 Å². The van der Waals surface area contributed by atoms with Gasteiger partial charge in [-0.1, -0.05) is 19.9 Å². The van der Waals surface area contributed by atoms with Crippen molar-refractivity contribution in [2.45, 2.75) is 45.3 Å². The van der Waals surface area contributed by atoms with Crippen LogP contribution in [0.1, 0.15) is 49.7 Å². The van der Waals surface area contributed by atoms with Gasteiger partial charge in [-0.15, -0.1) is 0 Å². The van der Waals surface area contributed by atoms with E-state index in [0.29, 0.717) is 29.7 Å². The van der Waals surface area contributed by atoms with Crippen LogP contribution >= 0.6 is 0 Å². The predicted molar refractivity (Wildman–Crippen MR) is 123 cm³/mol. The summed E-state index contributed by atoms with van der Waals surface area (Å²) in [5.41, 5.74) is 0.533. The molecule has 0 aliphatic rings. The van der Waals surface area contributed by atoms with Crippen LogP contribution in [-0.4, -0.2) is 62.6 Å². The van der Waals surface area contributed by atoms with Gasteiger partial charge < -0.3 is 19.8 Å². The van der Waals surface area contributed by atoms with E-state index < -0.39 is 24.3 Å². The zero-order chi connectivity index (χ0) is 24.9. The van der Waals surface area contributed by atoms with E-state index >= 15 is 0 Å². The van der Waals surface area contributed by atoms with Crippen molar-refractivity contribution in [3.8, 4) is 5.75 Å². The van der Waals surface area contributed by atoms with Gasteiger partial charge in [0.25, 0.3) is 0 Å². The first-order valence-electron chi connectivity index (χ1n) is 11.2. The summed E-state index contributed by atoms with van der Waals surface area (Å²) in [5, 5.41) is 25.0. The number of aliphatic hydroxyl groups is 2. The van der Waals surface area contributed by atoms with Gasteiger partial charge in [-0.2, -0.15) is 13.9 Å². The molecule has 0 aliphatic heterocycles. The summed E-state index contributed by atoms with van der Waals surface area (Å²) >= 11 is 0. The molecule has 0 aliphatic carbocycles. The smallest absolute Gasteiger partial charge is 0.312 e. The molecule has 3 aromatic rings. The molecule has 1 unspecified atom stereocenters. The predicted octanol–water partition coefficient (Wildman–Crippen LogP) is 3.25. The van der Waals surface area contributed by atoms with Crippen molar-refractivity contribution >= 4 is 16.8 Å². The van der Waals surface area contributed by atoms with Crippen molar-refractivity contribution in [1.82, 2.24) is 19.7 Å². The van der Waals surface area contributed by atoms with Crippen LogP contribution < -0.4 is 4.74 Å². The highest BCUT2D eigenvalue weighted by atomic mass is 19.3. The van der Waals surface area contributed by atoms with E-state index in [-0.39, 0.29) is 23.7 Å². The van der Waals surface area contributed by atoms with Crippen LogP contribution in [0.4, 0.5) is 8.78 Å². The maximum Gasteiger partial charge on any atom is 0.312 e. The number of fused-ring (bicyclic) bond motifs is 1. The minimum atomic E-state index is -3.47. The monoisotopic (exact) mass is 476 g/mol. The minimum Gasteiger partial charge on any atom is -0.497 e. The van der Waals surface area contributed by atoms with Crippen molar-refractivity contribution in [2.75, 3.05) is 26.8 Å². The molecule has 1 amide bonds. The summed E-state index contributed by atoms with van der Waals surface area (Å²) in [7, 11) is 1.53. The number of methoxy groups -OCH3 is 1. The van der Waals surface area contributed by atoms with Crippen LogP contribution in [0.5, 0.6) is 5.75 Å². The van der Waals surface area contributed by atoms with E-state index in [0.717, 1.165) is 25.1 Å². The summed E-state index contributed by atoms with van der Waals surface area (Å²) in [6.07, 6.45) is 1.54. The summed E-state index contributed by atoms with van der Waals surface area (Å²) in [5.74, 6) is -3.00. The summed E-state index contributed by atoms with van der Waals surface area (Å²) in [6.45, 7) is 3.92. The fraction of sp³-hybridized carbons (Fsp3) is 0.458. The minimum absolute atomic E-state index is 0.0176. The van der Waals surface area contributed by atoms with Gasteiger partial charge in [0, 0.05) is 36.3 Å². The third-order valence-corrected chi connectivity index (χ3v) is 5.55. The molecule has 0 radical (unpaired) electrons. The summed E-state index contributed by atoms with van der Waals surface area (Å²) in [6, 6.07) is 7.57. The quantitative estimate of drug-likeness (QED) is 0.441. The number of ether oxygens (including phenoxy) is 1. The SMILES string of the molecule is CCCN(CCC)C(=O)Cn1nc(C(O)c2ccc(C(F)(F)CO)nc2)c2ccc(OC)cc21. The molecule has 34 heavy (non-hydrogen) atoms. The number of pyridine rings is 1. The lowest BCUT2D eigenvalue weighted by Crippen LogP contribution is -2.35. The molecule has 184 valence electrons. The highest BCUT2D eigenvalue weighted by molar-refractivity contribution is 5.86. The normalized spacial score (nSPS) is 12.7. The van der Waals surface area contributed by atoms with Gasteiger partial charge in [0.05, 0.1) is 12.6 Å². The molecule has 2 aromatic heterocycles. The number of alkyl halides is 2. The van der Waals surface area contributed by atoms with E-state index in [1.807, 2.05) is 13.8 Å². The second kappa shape index (κ2) is 10.9. The molecular weight excluding hydrogens is 446 g/mol. The largest absolute Gasteiger partial charge is 0.497 e. The number of carbonyl (C=O) groups is 1. The van der Waals surface area contributed by atoms with Crippen LogP contribution in [0.15, 0.2) is 36.5 Å². The van der Waals surface area contributed by atoms with Gasteiger partial charge in [0.2, 0.25) is 5.91 Å². The highest BCUT2D eigenvalue weighted by Gasteiger charge is 2.32. The molecule has 0 bridgehead atoms. The number of aliphatic hydroxyl groups excluding tert-OH is 2. The first-order valence-corrected chi connectivity index (χ1v) is 11.2. The van der Waals surface area contributed by atoms with Gasteiger partial charge in [-0.3, -0.25) is 14.5 Å². The van der Waals surface area contributed by atoms with Crippen LogP contribution in [0, 0.1) is 0 Å². The number of carbonyl (C=O) groups excluding carboxylic acids is 1. The van der Waals surface area contributed by atoms with Crippen LogP contribution in [0.3, 0.4) is 0 Å². The Morgan fingerprint density at radius 1 is 1.21 bits per heavy atom. The summed E-state index contributed by atoms with van der Waals surface area (Å²) in [4.78, 5) is 18.5. The fourth-order valence-electron chi connectivity index (χ4n) is 3.78. The fourth-order valence-corrected chi connectivity index (χ4v) is 3.78. The van der Waals surface area contributed by atoms with Crippen molar-refractivity contribution in [2.24, 2.45) is 0 Å². The summed E-state index contributed by atoms with van der Waals surface area (Å²) < 4.78 is 34.2. The molecule has 0 fully saturated rings. The number of hydrogen-bond donors (Lipinski definition) is 2. The standard InChI is InChI=1S/C24H30F2N4O4/c1-4-10-29(11-5-2)21(32)14-30-19-12-17(34-3)7-8-18(19)22(28-30)23(33)16-6-9-20(27-13-16)24(25,26)15-31/h6-9,12-13,23,31,33H,4-5,10-11,14-15H2,1-3H3. The van der Waals surface area contributed by atoms with Gasteiger partial charge in [-0.05, 0) is 31.0 Å². The zero-order valence-corrected chi connectivity index (χ0v) is 19.5. The number of nitrogens with zero attached hydrogens (tertiary/aromatic N) is 4. The first kappa shape index (κ1) is 25.5. The van der Waals surface area contributed by atoms with Gasteiger partial charge in [0.15, 0.2) is 0 Å². The Hall–Kier alpha value is -3.11. The van der Waals surface area contributed by atoms with E-state index in [1.165, 1.54) is 17.9 Å². The van der Waals surface area contributed by atoms with Crippen LogP contribution in [0.25, 0.3) is 10.9 Å². The lowest BCUT2D eigenvalue weighted by atomic mass is 10.0. The third-order valence-electron chi connectivity index (χ3n) is 5.55. The van der Waals surface area contributed by atoms with Crippen LogP contribution in [0.2, 0.25) is 0 Å². The Bertz CT molecular complexity index is 1110. The molecule has 8 nitrogen and oxygen atoms in total. The highest BCUT2D eigenvalue weighted by Crippen LogP contribution is 2.32. The molecule has 1 atom stereocenters. The van der Waals surface area contributed by atoms with Crippen molar-refractivity contribution in [3.05, 3.63) is 53.5 Å². The zero-order valence-electron chi connectivity index (χ0n) is 19.5. The molecule has 0 spiro atoms. The topological polar surface area (TPSA) is 101 Å². The van der Waals surface area contributed by atoms with Gasteiger partial charge >= 0.3 is 5.92 Å². The Labute approximate surface area is 196 Å². The van der Waals surface area contributed by atoms with Crippen LogP contribution in [-0.2, 0) is 17.3 Å². The van der Waals surface area contributed by atoms with Gasteiger partial charge in [0.1, 0.15) is 36.4 Å². The second-order valence-electron chi connectivity index (χ2n) is 8.05. The Balaban J connectivity index is 1.99. The maximum absolute atomic E-state index is 13.7. The lowest BCUT2D eigenvalue weighted by molar-refractivity contribution is -0.132. The molecule has 2 N–H and O–H groups in total. The molecule has 3 rings (SSSR count). The number of amides is 1. The number of aromatic nitrogens is 3. The maximum atomic E-state index is 13.7. The van der Waals surface area contributed by atoms with Gasteiger partial charge in [-0.25, -0.2) is 0 Å². The molecule has 1 aromatic carbocycles. The number of halogens is 2. The average molecular weight is 477 g/mol. The molecule has 0 saturated carbocycles. The Kier molecular flexibility index (Phi) is 8.16. The Morgan fingerprint density at radius 2 is 1.91 bits per heavy atom. The average Bonchev–Trinajstić information content (AvgIpc) is 3.20. The molecule has 0 saturated heterocycles. The van der Waals surface area contributed by atoms with E-state index in [1.54, 1.807) is 23.1 Å². The van der Waals surface area contributed by atoms with Crippen molar-refractivity contribution in [3.63, 3.8) is 0 Å². The molecule has 10 heteroatoms. The number of hydrogen-bond acceptors (Lipinski definition) is 6. The van der Waals surface area contributed by atoms with Crippen molar-refractivity contribution in [1.29, 1.82) is 0 Å². The molecular formula is C24H30F2N4O4. The van der Waals surface area contributed by atoms with E-state index in [2.05, 4.69) is 10.1 Å². The lowest BCUT2D eigenvalue weighted by Gasteiger charge is -2.21. The third kappa shape index (κ3) is 5.34. The van der Waals surface area contributed by atoms with Crippen molar-refractivity contribution < 1.29 is 28.5 Å². The second-order valence-corrected chi connectivity index (χ2v) is 8.05. The number of benzene rings is 1. The Morgan fingerprint density at radius 3 is 2.47 bits per heavy atom. The number of rotatable bonds is 11. The van der Waals surface area contributed by atoms with E-state index in [9.17, 15) is 18.7 Å². The first-order chi connectivity index (χ1) is 16.2.